The second kappa shape index (κ2) is 3.96. The highest BCUT2D eigenvalue weighted by Gasteiger charge is 1.98. The molecule has 0 fully saturated rings. The number of anilines is 1. The van der Waals surface area contributed by atoms with Crippen LogP contribution in [-0.2, 0) is 0 Å². The fraction of sp³-hybridized carbons (Fsp3) is 0.0909. The number of nitrogen functional groups attached to an aromatic ring is 1. The molecule has 0 aliphatic carbocycles. The van der Waals surface area contributed by atoms with E-state index >= 15 is 0 Å². The van der Waals surface area contributed by atoms with Crippen LogP contribution in [0.25, 0.3) is 0 Å². The van der Waals surface area contributed by atoms with Crippen LogP contribution in [0.3, 0.4) is 0 Å². The number of aromatic nitrogens is 2. The monoisotopic (exact) mass is 201 g/mol. The minimum atomic E-state index is 0.486. The van der Waals surface area contributed by atoms with Gasteiger partial charge in [0.05, 0.1) is 11.9 Å². The number of nitrogens with two attached hydrogens (primary N) is 1. The molecule has 0 atom stereocenters. The van der Waals surface area contributed by atoms with E-state index < -0.39 is 0 Å². The largest absolute Gasteiger partial charge is 0.437 e. The van der Waals surface area contributed by atoms with Gasteiger partial charge in [0.15, 0.2) is 0 Å². The average molecular weight is 201 g/mol. The molecule has 0 radical (unpaired) electrons. The van der Waals surface area contributed by atoms with Crippen molar-refractivity contribution in [3.8, 4) is 11.6 Å². The summed E-state index contributed by atoms with van der Waals surface area (Å²) in [6.45, 7) is 1.86. The summed E-state index contributed by atoms with van der Waals surface area (Å²) in [7, 11) is 0. The summed E-state index contributed by atoms with van der Waals surface area (Å²) in [6.07, 6.45) is 3.25. The van der Waals surface area contributed by atoms with Gasteiger partial charge in [-0.05, 0) is 31.2 Å². The van der Waals surface area contributed by atoms with E-state index in [9.17, 15) is 0 Å². The number of benzene rings is 1. The van der Waals surface area contributed by atoms with Gasteiger partial charge in [0.1, 0.15) is 5.75 Å². The van der Waals surface area contributed by atoms with Crippen LogP contribution in [-0.4, -0.2) is 9.97 Å². The molecular weight excluding hydrogens is 190 g/mol. The zero-order chi connectivity index (χ0) is 10.7. The molecule has 0 amide bonds. The van der Waals surface area contributed by atoms with Gasteiger partial charge < -0.3 is 10.5 Å². The van der Waals surface area contributed by atoms with Crippen LogP contribution >= 0.6 is 0 Å². The van der Waals surface area contributed by atoms with Crippen molar-refractivity contribution in [3.63, 3.8) is 0 Å². The predicted molar refractivity (Wildman–Crippen MR) is 57.7 cm³/mol. The van der Waals surface area contributed by atoms with Gasteiger partial charge in [0.25, 0.3) is 0 Å². The lowest BCUT2D eigenvalue weighted by Gasteiger charge is -2.04. The highest BCUT2D eigenvalue weighted by atomic mass is 16.5. The van der Waals surface area contributed by atoms with Crippen LogP contribution in [0.1, 0.15) is 5.69 Å². The quantitative estimate of drug-likeness (QED) is 0.756. The number of aryl methyl sites for hydroxylation is 1. The summed E-state index contributed by atoms with van der Waals surface area (Å²) in [5, 5.41) is 0. The molecule has 2 aromatic rings. The third-order valence-corrected chi connectivity index (χ3v) is 1.84. The van der Waals surface area contributed by atoms with Gasteiger partial charge in [-0.3, -0.25) is 4.98 Å². The lowest BCUT2D eigenvalue weighted by atomic mass is 10.3. The van der Waals surface area contributed by atoms with Gasteiger partial charge in [-0.1, -0.05) is 0 Å². The Balaban J connectivity index is 2.18. The Labute approximate surface area is 87.7 Å². The van der Waals surface area contributed by atoms with Gasteiger partial charge in [0.2, 0.25) is 5.88 Å². The summed E-state index contributed by atoms with van der Waals surface area (Å²) in [6, 6.07) is 7.13. The third kappa shape index (κ3) is 2.43. The van der Waals surface area contributed by atoms with E-state index in [-0.39, 0.29) is 0 Å². The van der Waals surface area contributed by atoms with E-state index in [1.807, 2.05) is 6.92 Å². The maximum Gasteiger partial charge on any atom is 0.238 e. The number of ether oxygens (including phenoxy) is 1. The maximum atomic E-state index is 5.56. The zero-order valence-corrected chi connectivity index (χ0v) is 8.34. The minimum absolute atomic E-state index is 0.486. The van der Waals surface area contributed by atoms with E-state index in [1.54, 1.807) is 36.7 Å². The number of hydrogen-bond acceptors (Lipinski definition) is 4. The fourth-order valence-corrected chi connectivity index (χ4v) is 1.15. The van der Waals surface area contributed by atoms with Crippen molar-refractivity contribution in [1.82, 2.24) is 9.97 Å². The van der Waals surface area contributed by atoms with Gasteiger partial charge in [-0.15, -0.1) is 0 Å². The average Bonchev–Trinajstić information content (AvgIpc) is 2.22. The van der Waals surface area contributed by atoms with Crippen molar-refractivity contribution in [2.75, 3.05) is 5.73 Å². The molecule has 4 nitrogen and oxygen atoms in total. The van der Waals surface area contributed by atoms with Crippen molar-refractivity contribution in [3.05, 3.63) is 42.4 Å². The van der Waals surface area contributed by atoms with E-state index in [0.29, 0.717) is 17.3 Å². The van der Waals surface area contributed by atoms with E-state index in [1.165, 1.54) is 0 Å². The normalized spacial score (nSPS) is 9.93. The topological polar surface area (TPSA) is 61.0 Å². The van der Waals surface area contributed by atoms with E-state index in [0.717, 1.165) is 5.69 Å². The first kappa shape index (κ1) is 9.45. The number of nitrogens with zero attached hydrogens (tertiary/aromatic N) is 2. The predicted octanol–water partition coefficient (Wildman–Crippen LogP) is 2.16. The van der Waals surface area contributed by atoms with E-state index in [4.69, 9.17) is 10.5 Å². The summed E-state index contributed by atoms with van der Waals surface area (Å²) < 4.78 is 5.48. The Bertz CT molecular complexity index is 454. The lowest BCUT2D eigenvalue weighted by molar-refractivity contribution is 0.459. The first-order chi connectivity index (χ1) is 7.24. The van der Waals surface area contributed by atoms with Crippen LogP contribution in [0.5, 0.6) is 11.6 Å². The van der Waals surface area contributed by atoms with E-state index in [2.05, 4.69) is 9.97 Å². The molecule has 1 aromatic carbocycles. The van der Waals surface area contributed by atoms with Crippen molar-refractivity contribution >= 4 is 5.69 Å². The molecule has 76 valence electrons. The molecule has 0 spiro atoms. The van der Waals surface area contributed by atoms with Crippen LogP contribution in [0.4, 0.5) is 5.69 Å². The molecule has 0 saturated heterocycles. The molecule has 0 aliphatic rings. The van der Waals surface area contributed by atoms with Crippen LogP contribution in [0.15, 0.2) is 36.7 Å². The molecule has 2 rings (SSSR count). The molecule has 0 saturated carbocycles. The minimum Gasteiger partial charge on any atom is -0.437 e. The molecule has 15 heavy (non-hydrogen) atoms. The molecule has 0 aliphatic heterocycles. The van der Waals surface area contributed by atoms with Gasteiger partial charge >= 0.3 is 0 Å². The highest BCUT2D eigenvalue weighted by Crippen LogP contribution is 2.19. The summed E-state index contributed by atoms with van der Waals surface area (Å²) in [5.41, 5.74) is 7.09. The molecule has 0 bridgehead atoms. The molecule has 1 heterocycles. The zero-order valence-electron chi connectivity index (χ0n) is 8.34. The molecule has 0 unspecified atom stereocenters. The van der Waals surface area contributed by atoms with Crippen LogP contribution in [0.2, 0.25) is 0 Å². The van der Waals surface area contributed by atoms with Crippen molar-refractivity contribution in [2.45, 2.75) is 6.92 Å². The Hall–Kier alpha value is -2.10. The Morgan fingerprint density at radius 1 is 1.13 bits per heavy atom. The Morgan fingerprint density at radius 3 is 2.53 bits per heavy atom. The first-order valence-corrected chi connectivity index (χ1v) is 4.56. The first-order valence-electron chi connectivity index (χ1n) is 4.56. The third-order valence-electron chi connectivity index (χ3n) is 1.84. The second-order valence-corrected chi connectivity index (χ2v) is 3.17. The van der Waals surface area contributed by atoms with Crippen LogP contribution < -0.4 is 10.5 Å². The van der Waals surface area contributed by atoms with Gasteiger partial charge in [0, 0.05) is 11.9 Å². The summed E-state index contributed by atoms with van der Waals surface area (Å²) >= 11 is 0. The molecule has 1 aromatic heterocycles. The highest BCUT2D eigenvalue weighted by molar-refractivity contribution is 5.42. The Kier molecular flexibility index (Phi) is 2.49. The fourth-order valence-electron chi connectivity index (χ4n) is 1.15. The van der Waals surface area contributed by atoms with Crippen molar-refractivity contribution in [2.24, 2.45) is 0 Å². The lowest BCUT2D eigenvalue weighted by Crippen LogP contribution is -1.91. The van der Waals surface area contributed by atoms with Gasteiger partial charge in [-0.25, -0.2) is 4.98 Å². The SMILES string of the molecule is Cc1cncc(Oc2ccc(N)cc2)n1. The Morgan fingerprint density at radius 2 is 1.87 bits per heavy atom. The molecule has 2 N–H and O–H groups in total. The number of rotatable bonds is 2. The standard InChI is InChI=1S/C11H11N3O/c1-8-6-13-7-11(14-8)15-10-4-2-9(12)3-5-10/h2-7H,12H2,1H3. The molecular formula is C11H11N3O. The summed E-state index contributed by atoms with van der Waals surface area (Å²) in [4.78, 5) is 8.16. The number of hydrogen-bond donors (Lipinski definition) is 1. The summed E-state index contributed by atoms with van der Waals surface area (Å²) in [5.74, 6) is 1.18. The van der Waals surface area contributed by atoms with Crippen molar-refractivity contribution in [1.29, 1.82) is 0 Å². The molecule has 4 heteroatoms. The maximum absolute atomic E-state index is 5.56. The van der Waals surface area contributed by atoms with Crippen molar-refractivity contribution < 1.29 is 4.74 Å². The second-order valence-electron chi connectivity index (χ2n) is 3.17. The smallest absolute Gasteiger partial charge is 0.238 e. The van der Waals surface area contributed by atoms with Gasteiger partial charge in [-0.2, -0.15) is 0 Å². The van der Waals surface area contributed by atoms with Crippen LogP contribution in [0, 0.1) is 6.92 Å².